The van der Waals surface area contributed by atoms with Crippen molar-refractivity contribution in [2.45, 2.75) is 33.1 Å². The van der Waals surface area contributed by atoms with E-state index in [4.69, 9.17) is 10.5 Å². The molecule has 0 rings (SSSR count). The molecule has 0 aromatic rings. The lowest BCUT2D eigenvalue weighted by Gasteiger charge is -2.22. The topological polar surface area (TPSA) is 35.2 Å². The molecule has 0 fully saturated rings. The molecule has 0 heterocycles. The van der Waals surface area contributed by atoms with Crippen molar-refractivity contribution >= 4 is 0 Å². The van der Waals surface area contributed by atoms with Gasteiger partial charge < -0.3 is 10.5 Å². The van der Waals surface area contributed by atoms with E-state index in [-0.39, 0.29) is 18.6 Å². The Labute approximate surface area is 82.6 Å². The predicted octanol–water partition coefficient (Wildman–Crippen LogP) is 2.18. The minimum atomic E-state index is -4.26. The second kappa shape index (κ2) is 5.56. The van der Waals surface area contributed by atoms with Gasteiger partial charge in [-0.2, -0.15) is 13.2 Å². The van der Waals surface area contributed by atoms with Crippen LogP contribution in [0.25, 0.3) is 0 Å². The molecule has 0 aliphatic rings. The van der Waals surface area contributed by atoms with E-state index in [1.165, 1.54) is 0 Å². The predicted molar refractivity (Wildman–Crippen MR) is 48.9 cm³/mol. The van der Waals surface area contributed by atoms with Crippen molar-refractivity contribution in [1.82, 2.24) is 0 Å². The Kier molecular flexibility index (Phi) is 5.44. The molecule has 86 valence electrons. The van der Waals surface area contributed by atoms with Crippen LogP contribution < -0.4 is 5.73 Å². The Morgan fingerprint density at radius 2 is 1.71 bits per heavy atom. The highest BCUT2D eigenvalue weighted by Crippen LogP contribution is 2.26. The number of rotatable bonds is 5. The number of nitrogens with two attached hydrogens (primary N) is 1. The van der Waals surface area contributed by atoms with E-state index in [0.717, 1.165) is 0 Å². The fourth-order valence-corrected chi connectivity index (χ4v) is 0.757. The molecule has 0 aliphatic heterocycles. The van der Waals surface area contributed by atoms with Crippen LogP contribution in [0, 0.1) is 11.8 Å². The number of alkyl halides is 3. The quantitative estimate of drug-likeness (QED) is 0.759. The van der Waals surface area contributed by atoms with Crippen molar-refractivity contribution in [3.05, 3.63) is 0 Å². The minimum Gasteiger partial charge on any atom is -0.378 e. The van der Waals surface area contributed by atoms with Gasteiger partial charge in [0.1, 0.15) is 0 Å². The van der Waals surface area contributed by atoms with Crippen LogP contribution in [0.4, 0.5) is 13.2 Å². The molecule has 0 spiro atoms. The highest BCUT2D eigenvalue weighted by molar-refractivity contribution is 4.68. The zero-order valence-corrected chi connectivity index (χ0v) is 8.77. The lowest BCUT2D eigenvalue weighted by molar-refractivity contribution is -0.190. The van der Waals surface area contributed by atoms with E-state index in [0.29, 0.717) is 0 Å². The molecule has 2 N–H and O–H groups in total. The van der Waals surface area contributed by atoms with Gasteiger partial charge in [0.2, 0.25) is 0 Å². The van der Waals surface area contributed by atoms with Crippen LogP contribution in [0.15, 0.2) is 0 Å². The smallest absolute Gasteiger partial charge is 0.378 e. The second-order valence-electron chi connectivity index (χ2n) is 3.76. The normalized spacial score (nSPS) is 17.1. The Morgan fingerprint density at radius 3 is 2.00 bits per heavy atom. The number of ether oxygens (including phenoxy) is 1. The molecule has 0 amide bonds. The van der Waals surface area contributed by atoms with Gasteiger partial charge in [-0.1, -0.05) is 13.8 Å². The first-order valence-corrected chi connectivity index (χ1v) is 4.67. The molecular weight excluding hydrogens is 195 g/mol. The molecule has 2 unspecified atom stereocenters. The Hall–Kier alpha value is -0.290. The third-order valence-corrected chi connectivity index (χ3v) is 2.25. The van der Waals surface area contributed by atoms with Gasteiger partial charge in [-0.25, -0.2) is 0 Å². The zero-order chi connectivity index (χ0) is 11.4. The summed E-state index contributed by atoms with van der Waals surface area (Å²) in [5.74, 6) is -1.34. The van der Waals surface area contributed by atoms with Crippen LogP contribution in [-0.4, -0.2) is 25.4 Å². The molecule has 14 heavy (non-hydrogen) atoms. The average molecular weight is 213 g/mol. The Balaban J connectivity index is 3.97. The lowest BCUT2D eigenvalue weighted by atomic mass is 10.1. The van der Waals surface area contributed by atoms with E-state index >= 15 is 0 Å². The molecule has 5 heteroatoms. The van der Waals surface area contributed by atoms with Crippen molar-refractivity contribution in [3.63, 3.8) is 0 Å². The molecule has 0 aromatic carbocycles. The van der Waals surface area contributed by atoms with E-state index in [9.17, 15) is 13.2 Å². The van der Waals surface area contributed by atoms with Gasteiger partial charge in [-0.15, -0.1) is 0 Å². The summed E-state index contributed by atoms with van der Waals surface area (Å²) in [4.78, 5) is 0. The van der Waals surface area contributed by atoms with Crippen molar-refractivity contribution in [1.29, 1.82) is 0 Å². The highest BCUT2D eigenvalue weighted by Gasteiger charge is 2.38. The maximum atomic E-state index is 12.2. The molecule has 0 aromatic heterocycles. The minimum absolute atomic E-state index is 0.175. The average Bonchev–Trinajstić information content (AvgIpc) is 2.02. The molecule has 2 atom stereocenters. The van der Waals surface area contributed by atoms with Crippen LogP contribution in [0.5, 0.6) is 0 Å². The van der Waals surface area contributed by atoms with Gasteiger partial charge in [-0.05, 0) is 12.8 Å². The molecule has 0 radical (unpaired) electrons. The first-order chi connectivity index (χ1) is 6.29. The monoisotopic (exact) mass is 213 g/mol. The molecule has 2 nitrogen and oxygen atoms in total. The summed E-state index contributed by atoms with van der Waals surface area (Å²) >= 11 is 0. The number of hydrogen-bond acceptors (Lipinski definition) is 2. The fourth-order valence-electron chi connectivity index (χ4n) is 0.757. The van der Waals surface area contributed by atoms with Crippen LogP contribution in [-0.2, 0) is 4.74 Å². The molecule has 0 saturated heterocycles. The van der Waals surface area contributed by atoms with Crippen molar-refractivity contribution in [2.24, 2.45) is 17.6 Å². The highest BCUT2D eigenvalue weighted by atomic mass is 19.4. The fraction of sp³-hybridized carbons (Fsp3) is 1.00. The summed E-state index contributed by atoms with van der Waals surface area (Å²) in [5.41, 5.74) is 5.02. The first-order valence-electron chi connectivity index (χ1n) is 4.67. The van der Waals surface area contributed by atoms with Gasteiger partial charge in [0.25, 0.3) is 0 Å². The second-order valence-corrected chi connectivity index (χ2v) is 3.76. The summed E-state index contributed by atoms with van der Waals surface area (Å²) in [5, 5.41) is 0. The maximum absolute atomic E-state index is 12.2. The van der Waals surface area contributed by atoms with E-state index < -0.39 is 18.6 Å². The van der Waals surface area contributed by atoms with Crippen LogP contribution in [0.2, 0.25) is 0 Å². The van der Waals surface area contributed by atoms with E-state index in [2.05, 4.69) is 0 Å². The van der Waals surface area contributed by atoms with Crippen molar-refractivity contribution in [3.8, 4) is 0 Å². The summed E-state index contributed by atoms with van der Waals surface area (Å²) in [7, 11) is 0. The molecular formula is C9H18F3NO. The number of hydrogen-bond donors (Lipinski definition) is 1. The summed E-state index contributed by atoms with van der Waals surface area (Å²) in [6.45, 7) is 4.79. The van der Waals surface area contributed by atoms with Crippen molar-refractivity contribution < 1.29 is 17.9 Å². The third-order valence-electron chi connectivity index (χ3n) is 2.25. The van der Waals surface area contributed by atoms with Crippen molar-refractivity contribution in [2.75, 3.05) is 13.2 Å². The summed E-state index contributed by atoms with van der Waals surface area (Å²) in [6.07, 6.45) is -4.43. The lowest BCUT2D eigenvalue weighted by Crippen LogP contribution is -2.35. The van der Waals surface area contributed by atoms with Gasteiger partial charge in [0.05, 0.1) is 18.6 Å². The van der Waals surface area contributed by atoms with E-state index in [1.54, 1.807) is 6.92 Å². The Bertz CT molecular complexity index is 159. The van der Waals surface area contributed by atoms with Crippen LogP contribution in [0.1, 0.15) is 20.8 Å². The molecule has 0 aliphatic carbocycles. The Morgan fingerprint density at radius 1 is 1.21 bits per heavy atom. The zero-order valence-electron chi connectivity index (χ0n) is 8.77. The molecule has 0 saturated carbocycles. The van der Waals surface area contributed by atoms with Gasteiger partial charge in [-0.3, -0.25) is 0 Å². The van der Waals surface area contributed by atoms with Crippen LogP contribution >= 0.6 is 0 Å². The maximum Gasteiger partial charge on any atom is 0.395 e. The van der Waals surface area contributed by atoms with Gasteiger partial charge in [0, 0.05) is 6.54 Å². The SMILES string of the molecule is CC(C)C(C)OCC(CN)C(F)(F)F. The standard InChI is InChI=1S/C9H18F3NO/c1-6(2)7(3)14-5-8(4-13)9(10,11)12/h6-8H,4-5,13H2,1-3H3. The third kappa shape index (κ3) is 4.81. The van der Waals surface area contributed by atoms with Gasteiger partial charge >= 0.3 is 6.18 Å². The van der Waals surface area contributed by atoms with Gasteiger partial charge in [0.15, 0.2) is 0 Å². The van der Waals surface area contributed by atoms with Crippen LogP contribution in [0.3, 0.4) is 0 Å². The molecule has 0 bridgehead atoms. The summed E-state index contributed by atoms with van der Waals surface area (Å²) in [6, 6.07) is 0. The first kappa shape index (κ1) is 13.7. The largest absolute Gasteiger partial charge is 0.395 e. The van der Waals surface area contributed by atoms with E-state index in [1.807, 2.05) is 13.8 Å². The summed E-state index contributed by atoms with van der Waals surface area (Å²) < 4.78 is 41.7. The number of halogens is 3.